The first-order chi connectivity index (χ1) is 15.1. The number of rotatable bonds is 5. The zero-order valence-corrected chi connectivity index (χ0v) is 18.1. The molecule has 0 amide bonds. The third-order valence-corrected chi connectivity index (χ3v) is 6.40. The van der Waals surface area contributed by atoms with E-state index in [-0.39, 0.29) is 0 Å². The molecule has 1 aliphatic carbocycles. The van der Waals surface area contributed by atoms with E-state index in [1.54, 1.807) is 7.11 Å². The fraction of sp³-hybridized carbons (Fsp3) is 0.360. The van der Waals surface area contributed by atoms with Gasteiger partial charge in [-0.1, -0.05) is 44.4 Å². The number of hydrogen-bond acceptors (Lipinski definition) is 5. The number of fused-ring (bicyclic) bond motifs is 1. The SMILES string of the molecule is COc1cc2ccc(-c3ncccc3-c3cnn(CC4(C)CCCCC4)c3)cc2nn1. The Morgan fingerprint density at radius 3 is 2.74 bits per heavy atom. The molecule has 5 rings (SSSR count). The van der Waals surface area contributed by atoms with E-state index in [1.165, 1.54) is 32.1 Å². The van der Waals surface area contributed by atoms with Gasteiger partial charge in [0.1, 0.15) is 0 Å². The predicted octanol–water partition coefficient (Wildman–Crippen LogP) is 5.53. The molecule has 0 radical (unpaired) electrons. The van der Waals surface area contributed by atoms with Crippen LogP contribution in [-0.2, 0) is 6.54 Å². The topological polar surface area (TPSA) is 65.7 Å². The average molecular weight is 414 g/mol. The first kappa shape index (κ1) is 19.7. The van der Waals surface area contributed by atoms with Gasteiger partial charge in [-0.15, -0.1) is 10.2 Å². The van der Waals surface area contributed by atoms with Gasteiger partial charge >= 0.3 is 0 Å². The van der Waals surface area contributed by atoms with Crippen molar-refractivity contribution in [3.05, 3.63) is 55.0 Å². The van der Waals surface area contributed by atoms with E-state index in [0.717, 1.165) is 39.8 Å². The van der Waals surface area contributed by atoms with Crippen LogP contribution < -0.4 is 4.74 Å². The molecule has 6 heteroatoms. The molecular weight excluding hydrogens is 386 g/mol. The second-order valence-corrected chi connectivity index (χ2v) is 8.86. The van der Waals surface area contributed by atoms with Crippen molar-refractivity contribution in [2.75, 3.05) is 7.11 Å². The third-order valence-electron chi connectivity index (χ3n) is 6.40. The molecule has 158 valence electrons. The van der Waals surface area contributed by atoms with Gasteiger partial charge in [-0.3, -0.25) is 9.67 Å². The van der Waals surface area contributed by atoms with E-state index in [2.05, 4.69) is 45.2 Å². The minimum Gasteiger partial charge on any atom is -0.480 e. The summed E-state index contributed by atoms with van der Waals surface area (Å²) in [6.07, 6.45) is 12.5. The maximum atomic E-state index is 5.18. The fourth-order valence-corrected chi connectivity index (χ4v) is 4.68. The van der Waals surface area contributed by atoms with Crippen LogP contribution in [0.5, 0.6) is 5.88 Å². The lowest BCUT2D eigenvalue weighted by Crippen LogP contribution is -2.26. The maximum absolute atomic E-state index is 5.18. The van der Waals surface area contributed by atoms with Crippen LogP contribution in [0, 0.1) is 5.41 Å². The normalized spacial score (nSPS) is 15.8. The molecule has 0 bridgehead atoms. The first-order valence-corrected chi connectivity index (χ1v) is 10.9. The van der Waals surface area contributed by atoms with Crippen LogP contribution in [0.3, 0.4) is 0 Å². The molecular formula is C25H27N5O. The molecule has 1 fully saturated rings. The highest BCUT2D eigenvalue weighted by atomic mass is 16.5. The second kappa shape index (κ2) is 8.10. The van der Waals surface area contributed by atoms with Gasteiger partial charge in [-0.2, -0.15) is 5.10 Å². The van der Waals surface area contributed by atoms with Crippen LogP contribution >= 0.6 is 0 Å². The van der Waals surface area contributed by atoms with Gasteiger partial charge in [0, 0.05) is 47.1 Å². The highest BCUT2D eigenvalue weighted by molar-refractivity contribution is 5.87. The Balaban J connectivity index is 1.47. The van der Waals surface area contributed by atoms with Gasteiger partial charge in [-0.05, 0) is 30.4 Å². The summed E-state index contributed by atoms with van der Waals surface area (Å²) in [6, 6.07) is 12.1. The maximum Gasteiger partial charge on any atom is 0.233 e. The number of nitrogens with zero attached hydrogens (tertiary/aromatic N) is 5. The number of aromatic nitrogens is 5. The van der Waals surface area contributed by atoms with E-state index in [9.17, 15) is 0 Å². The number of benzene rings is 1. The van der Waals surface area contributed by atoms with Crippen molar-refractivity contribution in [1.82, 2.24) is 25.0 Å². The van der Waals surface area contributed by atoms with E-state index in [4.69, 9.17) is 9.72 Å². The van der Waals surface area contributed by atoms with Crippen LogP contribution in [-0.4, -0.2) is 32.1 Å². The molecule has 31 heavy (non-hydrogen) atoms. The number of hydrogen-bond donors (Lipinski definition) is 0. The van der Waals surface area contributed by atoms with E-state index < -0.39 is 0 Å². The highest BCUT2D eigenvalue weighted by Crippen LogP contribution is 2.38. The summed E-state index contributed by atoms with van der Waals surface area (Å²) in [5.41, 5.74) is 5.25. The van der Waals surface area contributed by atoms with E-state index in [1.807, 2.05) is 36.7 Å². The van der Waals surface area contributed by atoms with Crippen LogP contribution in [0.2, 0.25) is 0 Å². The van der Waals surface area contributed by atoms with Crippen molar-refractivity contribution >= 4 is 10.9 Å². The molecule has 3 aromatic heterocycles. The molecule has 1 saturated carbocycles. The zero-order valence-electron chi connectivity index (χ0n) is 18.1. The van der Waals surface area contributed by atoms with Gasteiger partial charge in [0.15, 0.2) is 0 Å². The summed E-state index contributed by atoms with van der Waals surface area (Å²) in [7, 11) is 1.60. The molecule has 0 unspecified atom stereocenters. The summed E-state index contributed by atoms with van der Waals surface area (Å²) in [4.78, 5) is 4.69. The van der Waals surface area contributed by atoms with Gasteiger partial charge in [0.2, 0.25) is 5.88 Å². The summed E-state index contributed by atoms with van der Waals surface area (Å²) in [5, 5.41) is 14.1. The number of ether oxygens (including phenoxy) is 1. The lowest BCUT2D eigenvalue weighted by Gasteiger charge is -2.33. The number of methoxy groups -OCH3 is 1. The highest BCUT2D eigenvalue weighted by Gasteiger charge is 2.27. The Kier molecular flexibility index (Phi) is 5.14. The van der Waals surface area contributed by atoms with Crippen molar-refractivity contribution < 1.29 is 4.74 Å². The Labute approximate surface area is 182 Å². The predicted molar refractivity (Wildman–Crippen MR) is 122 cm³/mol. The molecule has 0 saturated heterocycles. The smallest absolute Gasteiger partial charge is 0.233 e. The minimum absolute atomic E-state index is 0.345. The summed E-state index contributed by atoms with van der Waals surface area (Å²) < 4.78 is 7.29. The van der Waals surface area contributed by atoms with Gasteiger partial charge in [0.05, 0.1) is 24.5 Å². The molecule has 0 aliphatic heterocycles. The molecule has 0 spiro atoms. The van der Waals surface area contributed by atoms with Crippen LogP contribution in [0.4, 0.5) is 0 Å². The van der Waals surface area contributed by atoms with Gasteiger partial charge < -0.3 is 4.74 Å². The molecule has 0 atom stereocenters. The molecule has 4 aromatic rings. The van der Waals surface area contributed by atoms with Crippen molar-refractivity contribution in [3.63, 3.8) is 0 Å². The fourth-order valence-electron chi connectivity index (χ4n) is 4.68. The molecule has 3 heterocycles. The Morgan fingerprint density at radius 2 is 1.90 bits per heavy atom. The molecule has 1 aliphatic rings. The Bertz CT molecular complexity index is 1210. The lowest BCUT2D eigenvalue weighted by molar-refractivity contribution is 0.176. The average Bonchev–Trinajstić information content (AvgIpc) is 3.26. The molecule has 6 nitrogen and oxygen atoms in total. The van der Waals surface area contributed by atoms with Crippen LogP contribution in [0.1, 0.15) is 39.0 Å². The third kappa shape index (κ3) is 4.02. The largest absolute Gasteiger partial charge is 0.480 e. The van der Waals surface area contributed by atoms with E-state index >= 15 is 0 Å². The van der Waals surface area contributed by atoms with Crippen LogP contribution in [0.15, 0.2) is 55.0 Å². The standard InChI is InChI=1S/C25H27N5O/c1-25(10-4-3-5-11-25)17-30-16-20(15-27-30)21-7-6-12-26-24(21)19-9-8-18-14-23(31-2)29-28-22(18)13-19/h6-9,12-16H,3-5,10-11,17H2,1-2H3. The Morgan fingerprint density at radius 1 is 1.03 bits per heavy atom. The monoisotopic (exact) mass is 413 g/mol. The lowest BCUT2D eigenvalue weighted by atomic mass is 9.76. The van der Waals surface area contributed by atoms with Crippen molar-refractivity contribution in [3.8, 4) is 28.3 Å². The van der Waals surface area contributed by atoms with Crippen molar-refractivity contribution in [2.24, 2.45) is 5.41 Å². The second-order valence-electron chi connectivity index (χ2n) is 8.86. The number of pyridine rings is 1. The van der Waals surface area contributed by atoms with E-state index in [0.29, 0.717) is 11.3 Å². The van der Waals surface area contributed by atoms with Crippen LogP contribution in [0.25, 0.3) is 33.3 Å². The van der Waals surface area contributed by atoms with Gasteiger partial charge in [-0.25, -0.2) is 0 Å². The summed E-state index contributed by atoms with van der Waals surface area (Å²) in [5.74, 6) is 0.512. The minimum atomic E-state index is 0.345. The van der Waals surface area contributed by atoms with Gasteiger partial charge in [0.25, 0.3) is 0 Å². The molecule has 0 N–H and O–H groups in total. The first-order valence-electron chi connectivity index (χ1n) is 10.9. The Hall–Kier alpha value is -3.28. The summed E-state index contributed by atoms with van der Waals surface area (Å²) >= 11 is 0. The van der Waals surface area contributed by atoms with Crippen molar-refractivity contribution in [2.45, 2.75) is 45.6 Å². The molecule has 1 aromatic carbocycles. The van der Waals surface area contributed by atoms with Crippen molar-refractivity contribution in [1.29, 1.82) is 0 Å². The zero-order chi connectivity index (χ0) is 21.3. The quantitative estimate of drug-likeness (QED) is 0.430. The summed E-state index contributed by atoms with van der Waals surface area (Å²) in [6.45, 7) is 3.37.